The predicted molar refractivity (Wildman–Crippen MR) is 60.8 cm³/mol. The molecule has 9 nitrogen and oxygen atoms in total. The van der Waals surface area contributed by atoms with Gasteiger partial charge in [0.25, 0.3) is 5.91 Å². The first-order valence-electron chi connectivity index (χ1n) is 5.45. The van der Waals surface area contributed by atoms with Crippen molar-refractivity contribution < 1.29 is 29.0 Å². The van der Waals surface area contributed by atoms with E-state index in [1.807, 2.05) is 0 Å². The van der Waals surface area contributed by atoms with E-state index in [1.165, 1.54) is 11.9 Å². The molecule has 0 spiro atoms. The van der Waals surface area contributed by atoms with Crippen molar-refractivity contribution in [3.8, 4) is 0 Å². The molecule has 1 saturated heterocycles. The van der Waals surface area contributed by atoms with Crippen LogP contribution in [0.3, 0.4) is 0 Å². The van der Waals surface area contributed by atoms with Gasteiger partial charge in [-0.3, -0.25) is 14.5 Å². The number of aliphatic hydroxyl groups excluding tert-OH is 1. The molecule has 1 aliphatic heterocycles. The molecular formula is C10H15N3O6. The van der Waals surface area contributed by atoms with Crippen molar-refractivity contribution in [1.82, 2.24) is 15.1 Å². The summed E-state index contributed by atoms with van der Waals surface area (Å²) in [5.74, 6) is -2.01. The molecule has 19 heavy (non-hydrogen) atoms. The van der Waals surface area contributed by atoms with Crippen LogP contribution in [0.2, 0.25) is 0 Å². The number of amides is 4. The van der Waals surface area contributed by atoms with Crippen LogP contribution < -0.4 is 5.32 Å². The number of nitrogens with zero attached hydrogens (tertiary/aromatic N) is 2. The van der Waals surface area contributed by atoms with Crippen LogP contribution in [0, 0.1) is 0 Å². The number of esters is 1. The van der Waals surface area contributed by atoms with Crippen LogP contribution in [0.5, 0.6) is 0 Å². The number of carbonyl (C=O) groups is 4. The first-order chi connectivity index (χ1) is 8.86. The molecule has 0 saturated carbocycles. The molecule has 1 heterocycles. The number of hydrogen-bond acceptors (Lipinski definition) is 6. The van der Waals surface area contributed by atoms with Crippen molar-refractivity contribution in [1.29, 1.82) is 0 Å². The molecule has 1 aliphatic rings. The van der Waals surface area contributed by atoms with E-state index < -0.39 is 36.5 Å². The average molecular weight is 273 g/mol. The number of urea groups is 1. The lowest BCUT2D eigenvalue weighted by Gasteiger charge is -2.14. The Morgan fingerprint density at radius 1 is 1.47 bits per heavy atom. The number of hydrogen-bond donors (Lipinski definition) is 2. The number of aliphatic hydroxyl groups is 1. The Labute approximate surface area is 109 Å². The SMILES string of the molecule is COC(=O)C(O)CNC(=O)CN1C(=O)CN(C)C1=O. The summed E-state index contributed by atoms with van der Waals surface area (Å²) < 4.78 is 4.26. The molecule has 0 aromatic carbocycles. The van der Waals surface area contributed by atoms with Crippen LogP contribution in [-0.2, 0) is 19.1 Å². The number of methoxy groups -OCH3 is 1. The smallest absolute Gasteiger partial charge is 0.336 e. The zero-order valence-electron chi connectivity index (χ0n) is 10.6. The predicted octanol–water partition coefficient (Wildman–Crippen LogP) is -2.47. The lowest BCUT2D eigenvalue weighted by Crippen LogP contribution is -2.44. The highest BCUT2D eigenvalue weighted by atomic mass is 16.5. The van der Waals surface area contributed by atoms with E-state index in [9.17, 15) is 24.3 Å². The number of nitrogens with one attached hydrogen (secondary N) is 1. The van der Waals surface area contributed by atoms with Gasteiger partial charge < -0.3 is 20.1 Å². The Kier molecular flexibility index (Phi) is 4.81. The van der Waals surface area contributed by atoms with Gasteiger partial charge in [-0.15, -0.1) is 0 Å². The maximum Gasteiger partial charge on any atom is 0.336 e. The maximum atomic E-state index is 11.5. The summed E-state index contributed by atoms with van der Waals surface area (Å²) in [6, 6.07) is -0.561. The monoisotopic (exact) mass is 273 g/mol. The topological polar surface area (TPSA) is 116 Å². The third kappa shape index (κ3) is 3.65. The van der Waals surface area contributed by atoms with Gasteiger partial charge in [-0.05, 0) is 0 Å². The molecule has 2 N–H and O–H groups in total. The molecule has 0 radical (unpaired) electrons. The molecule has 1 atom stereocenters. The lowest BCUT2D eigenvalue weighted by atomic mass is 10.3. The Morgan fingerprint density at radius 3 is 2.58 bits per heavy atom. The summed E-state index contributed by atoms with van der Waals surface area (Å²) >= 11 is 0. The summed E-state index contributed by atoms with van der Waals surface area (Å²) in [6.07, 6.45) is -1.48. The summed E-state index contributed by atoms with van der Waals surface area (Å²) in [5, 5.41) is 11.5. The van der Waals surface area contributed by atoms with E-state index in [4.69, 9.17) is 0 Å². The summed E-state index contributed by atoms with van der Waals surface area (Å²) in [6.45, 7) is -0.871. The van der Waals surface area contributed by atoms with Crippen LogP contribution in [0.4, 0.5) is 4.79 Å². The van der Waals surface area contributed by atoms with Gasteiger partial charge in [-0.2, -0.15) is 0 Å². The minimum Gasteiger partial charge on any atom is -0.467 e. The highest BCUT2D eigenvalue weighted by Crippen LogP contribution is 2.06. The fraction of sp³-hybridized carbons (Fsp3) is 0.600. The Bertz CT molecular complexity index is 410. The summed E-state index contributed by atoms with van der Waals surface area (Å²) in [5.41, 5.74) is 0. The minimum absolute atomic E-state index is 0.0725. The molecule has 0 aromatic heterocycles. The molecule has 0 aliphatic carbocycles. The number of imide groups is 1. The molecule has 0 bridgehead atoms. The Morgan fingerprint density at radius 2 is 2.11 bits per heavy atom. The van der Waals surface area contributed by atoms with Crippen LogP contribution in [-0.4, -0.2) is 78.6 Å². The zero-order chi connectivity index (χ0) is 14.6. The number of likely N-dealkylation sites (N-methyl/N-ethyl adjacent to an activating group) is 1. The molecule has 9 heteroatoms. The average Bonchev–Trinajstić information content (AvgIpc) is 2.61. The zero-order valence-corrected chi connectivity index (χ0v) is 10.6. The van der Waals surface area contributed by atoms with Crippen molar-refractivity contribution in [2.24, 2.45) is 0 Å². The lowest BCUT2D eigenvalue weighted by molar-refractivity contribution is -0.150. The van der Waals surface area contributed by atoms with Crippen molar-refractivity contribution in [2.75, 3.05) is 33.8 Å². The summed E-state index contributed by atoms with van der Waals surface area (Å²) in [7, 11) is 2.55. The van der Waals surface area contributed by atoms with Crippen molar-refractivity contribution >= 4 is 23.8 Å². The summed E-state index contributed by atoms with van der Waals surface area (Å²) in [4.78, 5) is 47.2. The molecule has 1 unspecified atom stereocenters. The second kappa shape index (κ2) is 6.14. The van der Waals surface area contributed by atoms with Gasteiger partial charge in [0.05, 0.1) is 13.7 Å². The fourth-order valence-electron chi connectivity index (χ4n) is 1.45. The number of rotatable bonds is 5. The standard InChI is InChI=1S/C10H15N3O6/c1-12-5-8(16)13(10(12)18)4-7(15)11-3-6(14)9(17)19-2/h6,14H,3-5H2,1-2H3,(H,11,15). The van der Waals surface area contributed by atoms with Crippen LogP contribution >= 0.6 is 0 Å². The van der Waals surface area contributed by atoms with Crippen molar-refractivity contribution in [2.45, 2.75) is 6.10 Å². The largest absolute Gasteiger partial charge is 0.467 e. The van der Waals surface area contributed by atoms with Crippen LogP contribution in [0.25, 0.3) is 0 Å². The molecule has 0 aromatic rings. The fourth-order valence-corrected chi connectivity index (χ4v) is 1.45. The maximum absolute atomic E-state index is 11.5. The number of ether oxygens (including phenoxy) is 1. The molecular weight excluding hydrogens is 258 g/mol. The van der Waals surface area contributed by atoms with Crippen LogP contribution in [0.1, 0.15) is 0 Å². The van der Waals surface area contributed by atoms with Gasteiger partial charge in [0, 0.05) is 7.05 Å². The molecule has 106 valence electrons. The highest BCUT2D eigenvalue weighted by molar-refractivity contribution is 6.04. The van der Waals surface area contributed by atoms with Gasteiger partial charge in [-0.25, -0.2) is 9.59 Å². The van der Waals surface area contributed by atoms with Crippen molar-refractivity contribution in [3.63, 3.8) is 0 Å². The first kappa shape index (κ1) is 14.9. The van der Waals surface area contributed by atoms with Gasteiger partial charge >= 0.3 is 12.0 Å². The van der Waals surface area contributed by atoms with E-state index in [2.05, 4.69) is 10.1 Å². The van der Waals surface area contributed by atoms with Gasteiger partial charge in [0.15, 0.2) is 6.10 Å². The molecule has 4 amide bonds. The second-order valence-electron chi connectivity index (χ2n) is 3.96. The highest BCUT2D eigenvalue weighted by Gasteiger charge is 2.34. The van der Waals surface area contributed by atoms with E-state index in [-0.39, 0.29) is 13.1 Å². The third-order valence-corrected chi connectivity index (χ3v) is 2.50. The van der Waals surface area contributed by atoms with E-state index in [0.29, 0.717) is 0 Å². The third-order valence-electron chi connectivity index (χ3n) is 2.50. The van der Waals surface area contributed by atoms with E-state index in [1.54, 1.807) is 0 Å². The first-order valence-corrected chi connectivity index (χ1v) is 5.45. The van der Waals surface area contributed by atoms with Gasteiger partial charge in [0.2, 0.25) is 5.91 Å². The van der Waals surface area contributed by atoms with Crippen molar-refractivity contribution in [3.05, 3.63) is 0 Å². The second-order valence-corrected chi connectivity index (χ2v) is 3.96. The number of carbonyl (C=O) groups excluding carboxylic acids is 4. The quantitative estimate of drug-likeness (QED) is 0.423. The Hall–Kier alpha value is -2.16. The van der Waals surface area contributed by atoms with E-state index in [0.717, 1.165) is 12.0 Å². The normalized spacial score (nSPS) is 16.6. The molecule has 1 rings (SSSR count). The van der Waals surface area contributed by atoms with Gasteiger partial charge in [0.1, 0.15) is 13.1 Å². The minimum atomic E-state index is -1.48. The van der Waals surface area contributed by atoms with Gasteiger partial charge in [-0.1, -0.05) is 0 Å². The molecule has 1 fully saturated rings. The Balaban J connectivity index is 2.42. The van der Waals surface area contributed by atoms with E-state index >= 15 is 0 Å². The van der Waals surface area contributed by atoms with Crippen LogP contribution in [0.15, 0.2) is 0 Å².